The molecule has 0 N–H and O–H groups in total. The maximum Gasteiger partial charge on any atom is 0.237 e. The third-order valence-electron chi connectivity index (χ3n) is 2.77. The number of nitriles is 1. The smallest absolute Gasteiger partial charge is 0.237 e. The fourth-order valence-corrected chi connectivity index (χ4v) is 1.80. The highest BCUT2D eigenvalue weighted by Crippen LogP contribution is 2.26. The Morgan fingerprint density at radius 3 is 2.53 bits per heavy atom. The van der Waals surface area contributed by atoms with E-state index in [1.54, 1.807) is 13.0 Å². The maximum atomic E-state index is 13.2. The Kier molecular flexibility index (Phi) is 3.48. The molecule has 2 rings (SSSR count). The van der Waals surface area contributed by atoms with Crippen molar-refractivity contribution >= 4 is 0 Å². The molecule has 3 nitrogen and oxygen atoms in total. The van der Waals surface area contributed by atoms with Gasteiger partial charge < -0.3 is 4.74 Å². The molecule has 1 aromatic carbocycles. The lowest BCUT2D eigenvalue weighted by molar-refractivity contribution is 0.457. The number of pyridine rings is 1. The molecule has 0 unspecified atom stereocenters. The molecule has 0 fully saturated rings. The van der Waals surface area contributed by atoms with Crippen LogP contribution in [-0.2, 0) is 0 Å². The number of hydrogen-bond donors (Lipinski definition) is 0. The Morgan fingerprint density at radius 2 is 1.89 bits per heavy atom. The number of aryl methyl sites for hydroxylation is 3. The predicted octanol–water partition coefficient (Wildman–Crippen LogP) is 3.81. The predicted molar refractivity (Wildman–Crippen MR) is 69.6 cm³/mol. The van der Waals surface area contributed by atoms with E-state index in [0.717, 1.165) is 11.3 Å². The summed E-state index contributed by atoms with van der Waals surface area (Å²) < 4.78 is 18.8. The van der Waals surface area contributed by atoms with Gasteiger partial charge in [-0.1, -0.05) is 0 Å². The zero-order valence-electron chi connectivity index (χ0n) is 11.0. The van der Waals surface area contributed by atoms with Gasteiger partial charge in [-0.25, -0.2) is 9.37 Å². The molecule has 0 aliphatic rings. The van der Waals surface area contributed by atoms with Crippen LogP contribution in [0, 0.1) is 37.9 Å². The summed E-state index contributed by atoms with van der Waals surface area (Å²) in [5, 5.41) is 9.14. The average Bonchev–Trinajstić information content (AvgIpc) is 2.33. The minimum absolute atomic E-state index is 0.256. The van der Waals surface area contributed by atoms with Crippen molar-refractivity contribution in [1.82, 2.24) is 4.98 Å². The van der Waals surface area contributed by atoms with E-state index in [1.807, 2.05) is 19.9 Å². The first-order valence-electron chi connectivity index (χ1n) is 5.83. The number of nitrogens with zero attached hydrogens (tertiary/aromatic N) is 2. The van der Waals surface area contributed by atoms with Gasteiger partial charge in [-0.3, -0.25) is 0 Å². The zero-order chi connectivity index (χ0) is 14.0. The summed E-state index contributed by atoms with van der Waals surface area (Å²) in [6.45, 7) is 5.31. The van der Waals surface area contributed by atoms with Crippen LogP contribution in [0.2, 0.25) is 0 Å². The van der Waals surface area contributed by atoms with E-state index in [0.29, 0.717) is 16.9 Å². The van der Waals surface area contributed by atoms with Crippen LogP contribution >= 0.6 is 0 Å². The third-order valence-corrected chi connectivity index (χ3v) is 2.77. The van der Waals surface area contributed by atoms with Crippen LogP contribution in [0.1, 0.15) is 22.4 Å². The number of aromatic nitrogens is 1. The monoisotopic (exact) mass is 256 g/mol. The molecule has 0 bridgehead atoms. The van der Waals surface area contributed by atoms with Crippen molar-refractivity contribution in [3.8, 4) is 17.7 Å². The molecule has 0 radical (unpaired) electrons. The number of rotatable bonds is 2. The second-order valence-corrected chi connectivity index (χ2v) is 4.39. The van der Waals surface area contributed by atoms with Crippen LogP contribution in [0.3, 0.4) is 0 Å². The molecule has 0 spiro atoms. The standard InChI is InChI=1S/C15H13FN2O/c1-9-6-11(3)18-15(13(9)8-17)19-12-4-5-14(16)10(2)7-12/h4-7H,1-3H3. The van der Waals surface area contributed by atoms with Crippen molar-refractivity contribution in [2.45, 2.75) is 20.8 Å². The molecular weight excluding hydrogens is 243 g/mol. The van der Waals surface area contributed by atoms with Gasteiger partial charge in [0.2, 0.25) is 5.88 Å². The number of ether oxygens (including phenoxy) is 1. The van der Waals surface area contributed by atoms with E-state index in [-0.39, 0.29) is 11.7 Å². The summed E-state index contributed by atoms with van der Waals surface area (Å²) in [5.74, 6) is 0.431. The molecular formula is C15H13FN2O. The Hall–Kier alpha value is -2.41. The molecule has 19 heavy (non-hydrogen) atoms. The molecule has 4 heteroatoms. The first-order chi connectivity index (χ1) is 9.01. The molecule has 2 aromatic rings. The highest BCUT2D eigenvalue weighted by Gasteiger charge is 2.11. The Morgan fingerprint density at radius 1 is 1.16 bits per heavy atom. The van der Waals surface area contributed by atoms with E-state index in [4.69, 9.17) is 10.00 Å². The molecule has 1 aromatic heterocycles. The fraction of sp³-hybridized carbons (Fsp3) is 0.200. The minimum Gasteiger partial charge on any atom is -0.438 e. The van der Waals surface area contributed by atoms with Crippen molar-refractivity contribution < 1.29 is 9.13 Å². The summed E-state index contributed by atoms with van der Waals surface area (Å²) in [6, 6.07) is 8.33. The van der Waals surface area contributed by atoms with Crippen LogP contribution in [0.4, 0.5) is 4.39 Å². The van der Waals surface area contributed by atoms with Gasteiger partial charge in [-0.2, -0.15) is 5.26 Å². The first-order valence-corrected chi connectivity index (χ1v) is 5.83. The van der Waals surface area contributed by atoms with Crippen LogP contribution < -0.4 is 4.74 Å². The summed E-state index contributed by atoms with van der Waals surface area (Å²) in [6.07, 6.45) is 0. The lowest BCUT2D eigenvalue weighted by atomic mass is 10.1. The first kappa shape index (κ1) is 13.0. The lowest BCUT2D eigenvalue weighted by Gasteiger charge is -2.10. The normalized spacial score (nSPS) is 10.1. The van der Waals surface area contributed by atoms with E-state index in [1.165, 1.54) is 12.1 Å². The van der Waals surface area contributed by atoms with Gasteiger partial charge in [0.05, 0.1) is 0 Å². The number of benzene rings is 1. The average molecular weight is 256 g/mol. The molecule has 0 saturated carbocycles. The van der Waals surface area contributed by atoms with E-state index < -0.39 is 0 Å². The largest absolute Gasteiger partial charge is 0.438 e. The van der Waals surface area contributed by atoms with Gasteiger partial charge in [0, 0.05) is 5.69 Å². The van der Waals surface area contributed by atoms with Crippen molar-refractivity contribution in [3.63, 3.8) is 0 Å². The SMILES string of the molecule is Cc1cc(C)c(C#N)c(Oc2ccc(F)c(C)c2)n1. The van der Waals surface area contributed by atoms with Gasteiger partial charge in [0.25, 0.3) is 0 Å². The second-order valence-electron chi connectivity index (χ2n) is 4.39. The molecule has 1 heterocycles. The van der Waals surface area contributed by atoms with Crippen molar-refractivity contribution in [3.05, 3.63) is 52.5 Å². The van der Waals surface area contributed by atoms with Crippen LogP contribution in [0.25, 0.3) is 0 Å². The number of hydrogen-bond acceptors (Lipinski definition) is 3. The summed E-state index contributed by atoms with van der Waals surface area (Å²) in [5.41, 5.74) is 2.46. The van der Waals surface area contributed by atoms with Crippen molar-refractivity contribution in [1.29, 1.82) is 5.26 Å². The summed E-state index contributed by atoms with van der Waals surface area (Å²) in [4.78, 5) is 4.21. The number of halogens is 1. The third kappa shape index (κ3) is 2.71. The molecule has 0 atom stereocenters. The van der Waals surface area contributed by atoms with Gasteiger partial charge in [0.1, 0.15) is 23.2 Å². The molecule has 0 aliphatic heterocycles. The topological polar surface area (TPSA) is 45.9 Å². The van der Waals surface area contributed by atoms with E-state index in [9.17, 15) is 4.39 Å². The Bertz CT molecular complexity index is 675. The maximum absolute atomic E-state index is 13.2. The minimum atomic E-state index is -0.291. The van der Waals surface area contributed by atoms with Crippen LogP contribution in [-0.4, -0.2) is 4.98 Å². The second kappa shape index (κ2) is 5.07. The summed E-state index contributed by atoms with van der Waals surface area (Å²) >= 11 is 0. The zero-order valence-corrected chi connectivity index (χ0v) is 11.0. The van der Waals surface area contributed by atoms with Gasteiger partial charge in [0.15, 0.2) is 0 Å². The highest BCUT2D eigenvalue weighted by molar-refractivity contribution is 5.47. The van der Waals surface area contributed by atoms with Crippen LogP contribution in [0.5, 0.6) is 11.6 Å². The summed E-state index contributed by atoms with van der Waals surface area (Å²) in [7, 11) is 0. The highest BCUT2D eigenvalue weighted by atomic mass is 19.1. The van der Waals surface area contributed by atoms with E-state index >= 15 is 0 Å². The fourth-order valence-electron chi connectivity index (χ4n) is 1.80. The van der Waals surface area contributed by atoms with Crippen molar-refractivity contribution in [2.24, 2.45) is 0 Å². The molecule has 96 valence electrons. The quantitative estimate of drug-likeness (QED) is 0.820. The Balaban J connectivity index is 2.43. The van der Waals surface area contributed by atoms with Gasteiger partial charge in [-0.05, 0) is 56.2 Å². The van der Waals surface area contributed by atoms with Crippen LogP contribution in [0.15, 0.2) is 24.3 Å². The molecule has 0 saturated heterocycles. The van der Waals surface area contributed by atoms with E-state index in [2.05, 4.69) is 11.1 Å². The lowest BCUT2D eigenvalue weighted by Crippen LogP contribution is -1.97. The van der Waals surface area contributed by atoms with Crippen molar-refractivity contribution in [2.75, 3.05) is 0 Å². The van der Waals surface area contributed by atoms with Gasteiger partial charge in [-0.15, -0.1) is 0 Å². The molecule has 0 aliphatic carbocycles. The Labute approximate surface area is 111 Å². The van der Waals surface area contributed by atoms with Gasteiger partial charge >= 0.3 is 0 Å². The molecule has 0 amide bonds.